The van der Waals surface area contributed by atoms with Gasteiger partial charge in [-0.15, -0.1) is 0 Å². The number of methoxy groups -OCH3 is 1. The van der Waals surface area contributed by atoms with Crippen LogP contribution in [0.2, 0.25) is 0 Å². The van der Waals surface area contributed by atoms with E-state index in [0.717, 1.165) is 5.75 Å². The van der Waals surface area contributed by atoms with Crippen molar-refractivity contribution in [3.05, 3.63) is 53.1 Å². The maximum atomic E-state index is 5.90. The monoisotopic (exact) mass is 326 g/mol. The van der Waals surface area contributed by atoms with Gasteiger partial charge in [-0.05, 0) is 22.0 Å². The standard InChI is InChI=1S/C23H34O/c1-21(2,3)16-13-14-17(15-16)23(7,8)19-12-10-11-18(20(19)24-9)22(4,5)6/h10-15,17H,1-9H3. The molecule has 1 heteroatoms. The molecule has 0 bridgehead atoms. The molecular formula is C23H34O. The third-order valence-corrected chi connectivity index (χ3v) is 5.26. The maximum Gasteiger partial charge on any atom is 0.126 e. The lowest BCUT2D eigenvalue weighted by molar-refractivity contribution is 0.363. The summed E-state index contributed by atoms with van der Waals surface area (Å²) in [6.07, 6.45) is 7.08. The molecular weight excluding hydrogens is 292 g/mol. The molecule has 0 heterocycles. The van der Waals surface area contributed by atoms with Gasteiger partial charge >= 0.3 is 0 Å². The SMILES string of the molecule is COc1c(C(C)(C)C)cccc1C(C)(C)C1C=CC(C(C)(C)C)=C1. The van der Waals surface area contributed by atoms with Crippen LogP contribution in [0.25, 0.3) is 0 Å². The number of hydrogen-bond donors (Lipinski definition) is 0. The summed E-state index contributed by atoms with van der Waals surface area (Å²) < 4.78 is 5.90. The minimum Gasteiger partial charge on any atom is -0.496 e. The van der Waals surface area contributed by atoms with Gasteiger partial charge in [0.15, 0.2) is 0 Å². The Bertz CT molecular complexity index is 660. The van der Waals surface area contributed by atoms with Crippen molar-refractivity contribution >= 4 is 0 Å². The number of allylic oxidation sites excluding steroid dienone is 4. The predicted molar refractivity (Wildman–Crippen MR) is 105 cm³/mol. The molecule has 1 aromatic rings. The highest BCUT2D eigenvalue weighted by atomic mass is 16.5. The van der Waals surface area contributed by atoms with Crippen LogP contribution in [0, 0.1) is 11.3 Å². The van der Waals surface area contributed by atoms with Gasteiger partial charge in [0.05, 0.1) is 7.11 Å². The Morgan fingerprint density at radius 1 is 0.833 bits per heavy atom. The van der Waals surface area contributed by atoms with Crippen LogP contribution in [0.15, 0.2) is 42.0 Å². The van der Waals surface area contributed by atoms with E-state index < -0.39 is 0 Å². The van der Waals surface area contributed by atoms with Gasteiger partial charge in [-0.3, -0.25) is 0 Å². The number of rotatable bonds is 3. The minimum absolute atomic E-state index is 0.0178. The first-order valence-corrected chi connectivity index (χ1v) is 8.97. The molecule has 1 aliphatic rings. The van der Waals surface area contributed by atoms with Crippen molar-refractivity contribution < 1.29 is 4.74 Å². The largest absolute Gasteiger partial charge is 0.496 e. The fourth-order valence-electron chi connectivity index (χ4n) is 3.50. The zero-order valence-electron chi connectivity index (χ0n) is 16.9. The number of benzene rings is 1. The molecule has 0 saturated carbocycles. The zero-order chi connectivity index (χ0) is 18.3. The summed E-state index contributed by atoms with van der Waals surface area (Å²) in [5.41, 5.74) is 4.23. The molecule has 0 aliphatic heterocycles. The molecule has 24 heavy (non-hydrogen) atoms. The fourth-order valence-corrected chi connectivity index (χ4v) is 3.50. The van der Waals surface area contributed by atoms with Crippen molar-refractivity contribution in [2.24, 2.45) is 11.3 Å². The van der Waals surface area contributed by atoms with Gasteiger partial charge in [0.25, 0.3) is 0 Å². The van der Waals surface area contributed by atoms with E-state index in [1.54, 1.807) is 7.11 Å². The summed E-state index contributed by atoms with van der Waals surface area (Å²) in [5.74, 6) is 1.43. The van der Waals surface area contributed by atoms with Crippen LogP contribution in [0.1, 0.15) is 66.5 Å². The average molecular weight is 327 g/mol. The topological polar surface area (TPSA) is 9.23 Å². The van der Waals surface area contributed by atoms with Gasteiger partial charge in [-0.2, -0.15) is 0 Å². The molecule has 1 nitrogen and oxygen atoms in total. The first-order valence-electron chi connectivity index (χ1n) is 8.97. The average Bonchev–Trinajstić information content (AvgIpc) is 2.96. The second-order valence-corrected chi connectivity index (χ2v) is 9.61. The molecule has 0 spiro atoms. The van der Waals surface area contributed by atoms with Gasteiger partial charge in [0.2, 0.25) is 0 Å². The summed E-state index contributed by atoms with van der Waals surface area (Å²) >= 11 is 0. The number of hydrogen-bond acceptors (Lipinski definition) is 1. The van der Waals surface area contributed by atoms with Gasteiger partial charge in [-0.1, -0.05) is 91.8 Å². The summed E-state index contributed by atoms with van der Waals surface area (Å²) in [5, 5.41) is 0. The Kier molecular flexibility index (Phi) is 4.78. The first kappa shape index (κ1) is 18.8. The van der Waals surface area contributed by atoms with Gasteiger partial charge in [-0.25, -0.2) is 0 Å². The van der Waals surface area contributed by atoms with E-state index in [2.05, 4.69) is 91.8 Å². The lowest BCUT2D eigenvalue weighted by atomic mass is 9.71. The quantitative estimate of drug-likeness (QED) is 0.622. The molecule has 2 rings (SSSR count). The van der Waals surface area contributed by atoms with Crippen LogP contribution in [-0.2, 0) is 10.8 Å². The number of para-hydroxylation sites is 1. The van der Waals surface area contributed by atoms with Crippen molar-refractivity contribution in [2.75, 3.05) is 7.11 Å². The normalized spacial score (nSPS) is 18.7. The van der Waals surface area contributed by atoms with Gasteiger partial charge in [0, 0.05) is 16.9 Å². The van der Waals surface area contributed by atoms with Crippen molar-refractivity contribution in [3.8, 4) is 5.75 Å². The third kappa shape index (κ3) is 3.45. The fraction of sp³-hybridized carbons (Fsp3) is 0.565. The highest BCUT2D eigenvalue weighted by Crippen LogP contribution is 2.46. The van der Waals surface area contributed by atoms with Crippen LogP contribution >= 0.6 is 0 Å². The molecule has 1 aromatic carbocycles. The smallest absolute Gasteiger partial charge is 0.126 e. The Balaban J connectivity index is 2.52. The van der Waals surface area contributed by atoms with Crippen molar-refractivity contribution in [2.45, 2.75) is 66.2 Å². The third-order valence-electron chi connectivity index (χ3n) is 5.26. The van der Waals surface area contributed by atoms with E-state index in [-0.39, 0.29) is 16.2 Å². The summed E-state index contributed by atoms with van der Waals surface area (Å²) in [6, 6.07) is 6.59. The maximum absolute atomic E-state index is 5.90. The van der Waals surface area contributed by atoms with E-state index in [1.165, 1.54) is 16.7 Å². The zero-order valence-corrected chi connectivity index (χ0v) is 16.9. The molecule has 0 saturated heterocycles. The van der Waals surface area contributed by atoms with Crippen LogP contribution < -0.4 is 4.74 Å². The Labute approximate surface area is 148 Å². The van der Waals surface area contributed by atoms with Crippen molar-refractivity contribution in [1.29, 1.82) is 0 Å². The van der Waals surface area contributed by atoms with Crippen LogP contribution in [0.4, 0.5) is 0 Å². The molecule has 132 valence electrons. The highest BCUT2D eigenvalue weighted by Gasteiger charge is 2.36. The molecule has 0 radical (unpaired) electrons. The first-order chi connectivity index (χ1) is 10.9. The summed E-state index contributed by atoms with van der Waals surface area (Å²) in [7, 11) is 1.80. The lowest BCUT2D eigenvalue weighted by Gasteiger charge is -2.34. The highest BCUT2D eigenvalue weighted by molar-refractivity contribution is 5.50. The lowest BCUT2D eigenvalue weighted by Crippen LogP contribution is -2.27. The van der Waals surface area contributed by atoms with E-state index in [0.29, 0.717) is 5.92 Å². The molecule has 0 amide bonds. The second kappa shape index (κ2) is 6.10. The molecule has 1 atom stereocenters. The second-order valence-electron chi connectivity index (χ2n) is 9.61. The minimum atomic E-state index is -0.0178. The van der Waals surface area contributed by atoms with E-state index >= 15 is 0 Å². The molecule has 1 aliphatic carbocycles. The number of ether oxygens (including phenoxy) is 1. The van der Waals surface area contributed by atoms with E-state index in [9.17, 15) is 0 Å². The van der Waals surface area contributed by atoms with Crippen molar-refractivity contribution in [1.82, 2.24) is 0 Å². The summed E-state index contributed by atoms with van der Waals surface area (Å²) in [4.78, 5) is 0. The van der Waals surface area contributed by atoms with E-state index in [1.807, 2.05) is 0 Å². The van der Waals surface area contributed by atoms with Crippen molar-refractivity contribution in [3.63, 3.8) is 0 Å². The Morgan fingerprint density at radius 2 is 1.42 bits per heavy atom. The molecule has 0 aromatic heterocycles. The summed E-state index contributed by atoms with van der Waals surface area (Å²) in [6.45, 7) is 18.2. The van der Waals surface area contributed by atoms with Gasteiger partial charge in [0.1, 0.15) is 5.75 Å². The molecule has 0 fully saturated rings. The van der Waals surface area contributed by atoms with Gasteiger partial charge < -0.3 is 4.74 Å². The van der Waals surface area contributed by atoms with Crippen LogP contribution in [0.3, 0.4) is 0 Å². The predicted octanol–water partition coefficient (Wildman–Crippen LogP) is 6.43. The van der Waals surface area contributed by atoms with Crippen LogP contribution in [-0.4, -0.2) is 7.11 Å². The molecule has 1 unspecified atom stereocenters. The van der Waals surface area contributed by atoms with Crippen LogP contribution in [0.5, 0.6) is 5.75 Å². The molecule has 0 N–H and O–H groups in total. The van der Waals surface area contributed by atoms with E-state index in [4.69, 9.17) is 4.74 Å². The Hall–Kier alpha value is -1.50. The Morgan fingerprint density at radius 3 is 1.88 bits per heavy atom.